The molecule has 1 heterocycles. The normalized spacial score (nSPS) is 13.8. The summed E-state index contributed by atoms with van der Waals surface area (Å²) in [6.07, 6.45) is 1.42. The van der Waals surface area contributed by atoms with Crippen LogP contribution in [0.5, 0.6) is 0 Å². The number of hydrogen-bond acceptors (Lipinski definition) is 2. The molecule has 1 aliphatic rings. The van der Waals surface area contributed by atoms with Crippen molar-refractivity contribution in [1.29, 1.82) is 0 Å². The average molecular weight is 276 g/mol. The summed E-state index contributed by atoms with van der Waals surface area (Å²) in [4.78, 5) is 24.2. The zero-order chi connectivity index (χ0) is 14.5. The number of rotatable bonds is 4. The third-order valence-corrected chi connectivity index (χ3v) is 3.64. The molecule has 0 radical (unpaired) electrons. The Morgan fingerprint density at radius 2 is 2.20 bits per heavy atom. The number of carboxylic acids is 1. The van der Waals surface area contributed by atoms with Gasteiger partial charge in [-0.3, -0.25) is 4.79 Å². The van der Waals surface area contributed by atoms with Gasteiger partial charge in [-0.25, -0.2) is 4.79 Å². The third-order valence-electron chi connectivity index (χ3n) is 3.64. The van der Waals surface area contributed by atoms with Gasteiger partial charge in [-0.1, -0.05) is 18.2 Å². The van der Waals surface area contributed by atoms with Crippen LogP contribution in [0.3, 0.4) is 0 Å². The number of carbonyl (C=O) groups excluding carboxylic acids is 1. The number of hydrogen-bond donors (Lipinski definition) is 2. The lowest BCUT2D eigenvalue weighted by Gasteiger charge is -2.30. The van der Waals surface area contributed by atoms with Gasteiger partial charge in [0.25, 0.3) is 0 Å². The van der Waals surface area contributed by atoms with Crippen molar-refractivity contribution in [2.75, 3.05) is 13.1 Å². The first-order chi connectivity index (χ1) is 9.58. The van der Waals surface area contributed by atoms with Crippen molar-refractivity contribution >= 4 is 12.0 Å². The van der Waals surface area contributed by atoms with Gasteiger partial charge in [0.05, 0.1) is 0 Å². The number of nitrogens with zero attached hydrogens (tertiary/aromatic N) is 1. The Morgan fingerprint density at radius 1 is 1.40 bits per heavy atom. The maximum atomic E-state index is 12.0. The van der Waals surface area contributed by atoms with Crippen molar-refractivity contribution in [1.82, 2.24) is 10.2 Å². The molecule has 1 aliphatic heterocycles. The molecular weight excluding hydrogens is 256 g/mol. The van der Waals surface area contributed by atoms with Crippen molar-refractivity contribution in [2.24, 2.45) is 0 Å². The van der Waals surface area contributed by atoms with Gasteiger partial charge in [0.1, 0.15) is 0 Å². The molecule has 2 rings (SSSR count). The molecule has 0 bridgehead atoms. The van der Waals surface area contributed by atoms with Crippen molar-refractivity contribution in [3.05, 3.63) is 34.9 Å². The number of nitrogens with one attached hydrogen (secondary N) is 1. The number of carbonyl (C=O) groups is 2. The molecule has 0 saturated heterocycles. The summed E-state index contributed by atoms with van der Waals surface area (Å²) in [6.45, 7) is 3.81. The minimum absolute atomic E-state index is 0.0855. The number of carboxylic acid groups (broad SMARTS) is 1. The van der Waals surface area contributed by atoms with E-state index in [4.69, 9.17) is 5.11 Å². The van der Waals surface area contributed by atoms with Crippen LogP contribution in [0.2, 0.25) is 0 Å². The van der Waals surface area contributed by atoms with Crippen LogP contribution in [-0.2, 0) is 17.8 Å². The molecule has 0 aliphatic carbocycles. The molecule has 0 fully saturated rings. The van der Waals surface area contributed by atoms with Crippen LogP contribution in [-0.4, -0.2) is 35.1 Å². The topological polar surface area (TPSA) is 69.6 Å². The zero-order valence-electron chi connectivity index (χ0n) is 11.7. The molecule has 2 amide bonds. The van der Waals surface area contributed by atoms with Crippen LogP contribution >= 0.6 is 0 Å². The lowest BCUT2D eigenvalue weighted by Crippen LogP contribution is -2.43. The van der Waals surface area contributed by atoms with Crippen molar-refractivity contribution in [2.45, 2.75) is 32.7 Å². The minimum atomic E-state index is -0.832. The highest BCUT2D eigenvalue weighted by Crippen LogP contribution is 2.21. The highest BCUT2D eigenvalue weighted by atomic mass is 16.4. The van der Waals surface area contributed by atoms with E-state index in [2.05, 4.69) is 30.4 Å². The number of aryl methyl sites for hydroxylation is 1. The molecule has 0 unspecified atom stereocenters. The summed E-state index contributed by atoms with van der Waals surface area (Å²) >= 11 is 0. The molecule has 5 nitrogen and oxygen atoms in total. The Bertz CT molecular complexity index is 514. The molecule has 1 aromatic carbocycles. The van der Waals surface area contributed by atoms with E-state index in [0.717, 1.165) is 6.42 Å². The van der Waals surface area contributed by atoms with Crippen molar-refractivity contribution in [3.8, 4) is 0 Å². The van der Waals surface area contributed by atoms with Gasteiger partial charge in [0.2, 0.25) is 0 Å². The Morgan fingerprint density at radius 3 is 2.95 bits per heavy atom. The largest absolute Gasteiger partial charge is 0.481 e. The first kappa shape index (κ1) is 14.4. The molecule has 20 heavy (non-hydrogen) atoms. The summed E-state index contributed by atoms with van der Waals surface area (Å²) in [5.41, 5.74) is 3.77. The van der Waals surface area contributed by atoms with Crippen LogP contribution in [0, 0.1) is 6.92 Å². The second kappa shape index (κ2) is 6.41. The Kier molecular flexibility index (Phi) is 4.61. The fourth-order valence-electron chi connectivity index (χ4n) is 2.47. The smallest absolute Gasteiger partial charge is 0.317 e. The van der Waals surface area contributed by atoms with E-state index in [1.165, 1.54) is 16.7 Å². The second-order valence-corrected chi connectivity index (χ2v) is 5.11. The monoisotopic (exact) mass is 276 g/mol. The second-order valence-electron chi connectivity index (χ2n) is 5.11. The molecule has 1 aromatic rings. The predicted octanol–water partition coefficient (Wildman–Crippen LogP) is 1.93. The molecule has 0 atom stereocenters. The van der Waals surface area contributed by atoms with E-state index >= 15 is 0 Å². The standard InChI is InChI=1S/C15H20N2O3/c1-11-4-2-5-12-7-9-17(10-13(11)12)15(20)16-8-3-6-14(18)19/h2,4-5H,3,6-10H2,1H3,(H,16,20)(H,18,19). The highest BCUT2D eigenvalue weighted by molar-refractivity contribution is 5.74. The molecular formula is C15H20N2O3. The number of fused-ring (bicyclic) bond motifs is 1. The molecule has 108 valence electrons. The van der Waals surface area contributed by atoms with Gasteiger partial charge in [-0.05, 0) is 36.5 Å². The first-order valence-corrected chi connectivity index (χ1v) is 6.90. The quantitative estimate of drug-likeness (QED) is 0.826. The van der Waals surface area contributed by atoms with Crippen LogP contribution in [0.4, 0.5) is 4.79 Å². The molecule has 5 heteroatoms. The van der Waals surface area contributed by atoms with Gasteiger partial charge >= 0.3 is 12.0 Å². The molecule has 0 aromatic heterocycles. The van der Waals surface area contributed by atoms with Crippen LogP contribution < -0.4 is 5.32 Å². The van der Waals surface area contributed by atoms with E-state index in [-0.39, 0.29) is 12.5 Å². The first-order valence-electron chi connectivity index (χ1n) is 6.90. The lowest BCUT2D eigenvalue weighted by atomic mass is 9.96. The highest BCUT2D eigenvalue weighted by Gasteiger charge is 2.21. The summed E-state index contributed by atoms with van der Waals surface area (Å²) in [5.74, 6) is -0.832. The van der Waals surface area contributed by atoms with Crippen LogP contribution in [0.15, 0.2) is 18.2 Å². The van der Waals surface area contributed by atoms with E-state index in [0.29, 0.717) is 26.1 Å². The third kappa shape index (κ3) is 3.50. The number of benzene rings is 1. The number of amides is 2. The van der Waals surface area contributed by atoms with Gasteiger partial charge < -0.3 is 15.3 Å². The summed E-state index contributed by atoms with van der Waals surface area (Å²) in [5, 5.41) is 11.3. The van der Waals surface area contributed by atoms with Gasteiger partial charge in [0.15, 0.2) is 0 Å². The minimum Gasteiger partial charge on any atom is -0.481 e. The van der Waals surface area contributed by atoms with Crippen molar-refractivity contribution in [3.63, 3.8) is 0 Å². The maximum absolute atomic E-state index is 12.0. The van der Waals surface area contributed by atoms with E-state index in [1.54, 1.807) is 4.90 Å². The SMILES string of the molecule is Cc1cccc2c1CN(C(=O)NCCCC(=O)O)CC2. The Labute approximate surface area is 118 Å². The van der Waals surface area contributed by atoms with E-state index in [9.17, 15) is 9.59 Å². The molecule has 2 N–H and O–H groups in total. The van der Waals surface area contributed by atoms with Gasteiger partial charge in [-0.2, -0.15) is 0 Å². The summed E-state index contributed by atoms with van der Waals surface area (Å²) < 4.78 is 0. The van der Waals surface area contributed by atoms with Gasteiger partial charge in [0, 0.05) is 26.1 Å². The predicted molar refractivity (Wildman–Crippen MR) is 75.6 cm³/mol. The molecule has 0 saturated carbocycles. The lowest BCUT2D eigenvalue weighted by molar-refractivity contribution is -0.137. The fraction of sp³-hybridized carbons (Fsp3) is 0.467. The average Bonchev–Trinajstić information content (AvgIpc) is 2.43. The Hall–Kier alpha value is -2.04. The number of urea groups is 1. The Balaban J connectivity index is 1.87. The fourth-order valence-corrected chi connectivity index (χ4v) is 2.47. The van der Waals surface area contributed by atoms with Crippen LogP contribution in [0.25, 0.3) is 0 Å². The maximum Gasteiger partial charge on any atom is 0.317 e. The van der Waals surface area contributed by atoms with Crippen LogP contribution in [0.1, 0.15) is 29.5 Å². The van der Waals surface area contributed by atoms with E-state index < -0.39 is 5.97 Å². The van der Waals surface area contributed by atoms with E-state index in [1.807, 2.05) is 0 Å². The summed E-state index contributed by atoms with van der Waals surface area (Å²) in [6, 6.07) is 6.12. The summed E-state index contributed by atoms with van der Waals surface area (Å²) in [7, 11) is 0. The van der Waals surface area contributed by atoms with Gasteiger partial charge in [-0.15, -0.1) is 0 Å². The number of aliphatic carboxylic acids is 1. The molecule has 0 spiro atoms. The van der Waals surface area contributed by atoms with Crippen molar-refractivity contribution < 1.29 is 14.7 Å². The zero-order valence-corrected chi connectivity index (χ0v) is 11.7.